The first-order chi connectivity index (χ1) is 8.11. The van der Waals surface area contributed by atoms with Crippen molar-refractivity contribution in [3.8, 4) is 5.75 Å². The Bertz CT molecular complexity index is 387. The smallest absolute Gasteiger partial charge is 0.255 e. The highest BCUT2D eigenvalue weighted by atomic mass is 16.5. The molecule has 17 heavy (non-hydrogen) atoms. The SMILES string of the molecule is CCCC(=O)Nc1ccc(OCC(N)=O)cc1. The van der Waals surface area contributed by atoms with Gasteiger partial charge in [-0.15, -0.1) is 0 Å². The van der Waals surface area contributed by atoms with E-state index in [1.54, 1.807) is 24.3 Å². The summed E-state index contributed by atoms with van der Waals surface area (Å²) in [6.07, 6.45) is 1.31. The molecule has 5 nitrogen and oxygen atoms in total. The van der Waals surface area contributed by atoms with E-state index in [1.165, 1.54) is 0 Å². The van der Waals surface area contributed by atoms with Gasteiger partial charge in [0.2, 0.25) is 5.91 Å². The van der Waals surface area contributed by atoms with Crippen molar-refractivity contribution in [2.24, 2.45) is 5.73 Å². The largest absolute Gasteiger partial charge is 0.484 e. The van der Waals surface area contributed by atoms with Gasteiger partial charge in [0.15, 0.2) is 6.61 Å². The predicted molar refractivity (Wildman–Crippen MR) is 64.7 cm³/mol. The molecule has 0 atom stereocenters. The highest BCUT2D eigenvalue weighted by Crippen LogP contribution is 2.15. The lowest BCUT2D eigenvalue weighted by molar-refractivity contribution is -0.120. The molecule has 0 radical (unpaired) electrons. The Labute approximate surface area is 99.9 Å². The second-order valence-electron chi connectivity index (χ2n) is 3.58. The summed E-state index contributed by atoms with van der Waals surface area (Å²) in [6.45, 7) is 1.79. The Morgan fingerprint density at radius 2 is 1.94 bits per heavy atom. The Morgan fingerprint density at radius 3 is 2.47 bits per heavy atom. The molecule has 5 heteroatoms. The normalized spacial score (nSPS) is 9.71. The van der Waals surface area contributed by atoms with E-state index in [1.807, 2.05) is 6.92 Å². The fraction of sp³-hybridized carbons (Fsp3) is 0.333. The Balaban J connectivity index is 2.49. The monoisotopic (exact) mass is 236 g/mol. The van der Waals surface area contributed by atoms with Gasteiger partial charge in [-0.2, -0.15) is 0 Å². The maximum absolute atomic E-state index is 11.3. The predicted octanol–water partition coefficient (Wildman–Crippen LogP) is 1.29. The van der Waals surface area contributed by atoms with Gasteiger partial charge in [0, 0.05) is 12.1 Å². The molecule has 0 fully saturated rings. The van der Waals surface area contributed by atoms with Crippen molar-refractivity contribution in [3.05, 3.63) is 24.3 Å². The van der Waals surface area contributed by atoms with Crippen LogP contribution in [0.5, 0.6) is 5.75 Å². The lowest BCUT2D eigenvalue weighted by Gasteiger charge is -2.06. The van der Waals surface area contributed by atoms with Gasteiger partial charge in [0.25, 0.3) is 5.91 Å². The summed E-state index contributed by atoms with van der Waals surface area (Å²) in [5, 5.41) is 2.75. The highest BCUT2D eigenvalue weighted by molar-refractivity contribution is 5.90. The lowest BCUT2D eigenvalue weighted by atomic mass is 10.2. The number of nitrogens with one attached hydrogen (secondary N) is 1. The van der Waals surface area contributed by atoms with E-state index in [0.29, 0.717) is 17.9 Å². The Morgan fingerprint density at radius 1 is 1.29 bits per heavy atom. The first-order valence-electron chi connectivity index (χ1n) is 5.43. The van der Waals surface area contributed by atoms with Crippen LogP contribution >= 0.6 is 0 Å². The second kappa shape index (κ2) is 6.52. The zero-order valence-electron chi connectivity index (χ0n) is 9.73. The molecule has 0 aliphatic rings. The third kappa shape index (κ3) is 5.01. The Hall–Kier alpha value is -2.04. The molecule has 0 aliphatic carbocycles. The van der Waals surface area contributed by atoms with Crippen LogP contribution in [0.3, 0.4) is 0 Å². The van der Waals surface area contributed by atoms with E-state index in [9.17, 15) is 9.59 Å². The Kier molecular flexibility index (Phi) is 5.00. The van der Waals surface area contributed by atoms with Gasteiger partial charge in [-0.1, -0.05) is 6.92 Å². The van der Waals surface area contributed by atoms with Crippen LogP contribution in [-0.2, 0) is 9.59 Å². The number of anilines is 1. The van der Waals surface area contributed by atoms with Gasteiger partial charge in [-0.3, -0.25) is 9.59 Å². The van der Waals surface area contributed by atoms with E-state index < -0.39 is 5.91 Å². The third-order valence-corrected chi connectivity index (χ3v) is 2.00. The first-order valence-corrected chi connectivity index (χ1v) is 5.43. The van der Waals surface area contributed by atoms with Crippen molar-refractivity contribution in [1.29, 1.82) is 0 Å². The zero-order chi connectivity index (χ0) is 12.7. The highest BCUT2D eigenvalue weighted by Gasteiger charge is 2.01. The fourth-order valence-electron chi connectivity index (χ4n) is 1.24. The van der Waals surface area contributed by atoms with Crippen LogP contribution in [0.15, 0.2) is 24.3 Å². The standard InChI is InChI=1S/C12H16N2O3/c1-2-3-12(16)14-9-4-6-10(7-5-9)17-8-11(13)15/h4-7H,2-3,8H2,1H3,(H2,13,15)(H,14,16). The molecule has 3 N–H and O–H groups in total. The number of amides is 2. The van der Waals surface area contributed by atoms with Crippen molar-refractivity contribution < 1.29 is 14.3 Å². The van der Waals surface area contributed by atoms with Crippen molar-refractivity contribution in [2.75, 3.05) is 11.9 Å². The zero-order valence-corrected chi connectivity index (χ0v) is 9.73. The van der Waals surface area contributed by atoms with Crippen molar-refractivity contribution in [3.63, 3.8) is 0 Å². The lowest BCUT2D eigenvalue weighted by Crippen LogP contribution is -2.20. The summed E-state index contributed by atoms with van der Waals surface area (Å²) >= 11 is 0. The molecule has 0 bridgehead atoms. The molecule has 1 aromatic carbocycles. The number of primary amides is 1. The van der Waals surface area contributed by atoms with Gasteiger partial charge in [-0.25, -0.2) is 0 Å². The molecule has 2 amide bonds. The van der Waals surface area contributed by atoms with Gasteiger partial charge >= 0.3 is 0 Å². The van der Waals surface area contributed by atoms with Crippen LogP contribution < -0.4 is 15.8 Å². The second-order valence-corrected chi connectivity index (χ2v) is 3.58. The van der Waals surface area contributed by atoms with Crippen molar-refractivity contribution in [1.82, 2.24) is 0 Å². The summed E-state index contributed by atoms with van der Waals surface area (Å²) in [5.41, 5.74) is 5.65. The minimum absolute atomic E-state index is 0.0155. The van der Waals surface area contributed by atoms with Crippen LogP contribution in [-0.4, -0.2) is 18.4 Å². The number of hydrogen-bond donors (Lipinski definition) is 2. The quantitative estimate of drug-likeness (QED) is 0.780. The van der Waals surface area contributed by atoms with Gasteiger partial charge in [0.1, 0.15) is 5.75 Å². The molecule has 0 spiro atoms. The number of carbonyl (C=O) groups is 2. The van der Waals surface area contributed by atoms with E-state index in [0.717, 1.165) is 6.42 Å². The molecular weight excluding hydrogens is 220 g/mol. The summed E-state index contributed by atoms with van der Waals surface area (Å²) in [6, 6.07) is 6.77. The molecule has 1 aromatic rings. The molecule has 0 aliphatic heterocycles. The molecule has 0 saturated carbocycles. The number of hydrogen-bond acceptors (Lipinski definition) is 3. The van der Waals surface area contributed by atoms with Crippen LogP contribution in [0.25, 0.3) is 0 Å². The third-order valence-electron chi connectivity index (χ3n) is 2.00. The maximum Gasteiger partial charge on any atom is 0.255 e. The number of carbonyl (C=O) groups excluding carboxylic acids is 2. The molecule has 0 heterocycles. The van der Waals surface area contributed by atoms with Crippen LogP contribution in [0.2, 0.25) is 0 Å². The summed E-state index contributed by atoms with van der Waals surface area (Å²) < 4.78 is 5.09. The number of benzene rings is 1. The number of ether oxygens (including phenoxy) is 1. The topological polar surface area (TPSA) is 81.4 Å². The van der Waals surface area contributed by atoms with Crippen LogP contribution in [0.1, 0.15) is 19.8 Å². The summed E-state index contributed by atoms with van der Waals surface area (Å²) in [4.78, 5) is 21.8. The average Bonchev–Trinajstić information content (AvgIpc) is 2.28. The van der Waals surface area contributed by atoms with Gasteiger partial charge < -0.3 is 15.8 Å². The molecule has 0 unspecified atom stereocenters. The van der Waals surface area contributed by atoms with E-state index >= 15 is 0 Å². The summed E-state index contributed by atoms with van der Waals surface area (Å²) in [7, 11) is 0. The van der Waals surface area contributed by atoms with Crippen LogP contribution in [0, 0.1) is 0 Å². The van der Waals surface area contributed by atoms with Gasteiger partial charge in [0.05, 0.1) is 0 Å². The molecule has 1 rings (SSSR count). The summed E-state index contributed by atoms with van der Waals surface area (Å²) in [5.74, 6) is 0.000852. The van der Waals surface area contributed by atoms with Crippen molar-refractivity contribution >= 4 is 17.5 Å². The molecule has 0 aromatic heterocycles. The van der Waals surface area contributed by atoms with E-state index in [-0.39, 0.29) is 12.5 Å². The molecular formula is C12H16N2O3. The van der Waals surface area contributed by atoms with E-state index in [2.05, 4.69) is 5.32 Å². The van der Waals surface area contributed by atoms with Crippen molar-refractivity contribution in [2.45, 2.75) is 19.8 Å². The first kappa shape index (κ1) is 13.0. The van der Waals surface area contributed by atoms with Crippen LogP contribution in [0.4, 0.5) is 5.69 Å². The number of nitrogens with two attached hydrogens (primary N) is 1. The van der Waals surface area contributed by atoms with E-state index in [4.69, 9.17) is 10.5 Å². The molecule has 92 valence electrons. The molecule has 0 saturated heterocycles. The van der Waals surface area contributed by atoms with Gasteiger partial charge in [-0.05, 0) is 30.7 Å². The maximum atomic E-state index is 11.3. The minimum Gasteiger partial charge on any atom is -0.484 e. The average molecular weight is 236 g/mol. The number of rotatable bonds is 6. The fourth-order valence-corrected chi connectivity index (χ4v) is 1.24. The minimum atomic E-state index is -0.523.